The van der Waals surface area contributed by atoms with Crippen LogP contribution < -0.4 is 4.74 Å². The maximum atomic E-state index is 11.9. The van der Waals surface area contributed by atoms with Crippen LogP contribution in [0.5, 0.6) is 5.75 Å². The van der Waals surface area contributed by atoms with E-state index in [2.05, 4.69) is 0 Å². The number of nitro benzene ring substituents is 2. The Labute approximate surface area is 138 Å². The van der Waals surface area contributed by atoms with Crippen molar-refractivity contribution < 1.29 is 19.4 Å². The van der Waals surface area contributed by atoms with Crippen molar-refractivity contribution in [1.82, 2.24) is 0 Å². The zero-order valence-corrected chi connectivity index (χ0v) is 12.7. The highest BCUT2D eigenvalue weighted by Gasteiger charge is 2.27. The van der Waals surface area contributed by atoms with Gasteiger partial charge in [0.1, 0.15) is 0 Å². The summed E-state index contributed by atoms with van der Waals surface area (Å²) in [6.07, 6.45) is 0. The topological polar surface area (TPSA) is 113 Å². The third-order valence-electron chi connectivity index (χ3n) is 2.55. The standard InChI is InChI=1S/C13H7ClN2O6S/c14-10-6-8(15(18)19)7-11(16(20)21)12(10)22-13(17)23-9-4-2-1-3-5-9/h1-7H. The number of thioether (sulfide) groups is 1. The molecule has 0 N–H and O–H groups in total. The van der Waals surface area contributed by atoms with E-state index in [9.17, 15) is 25.0 Å². The van der Waals surface area contributed by atoms with Gasteiger partial charge in [-0.1, -0.05) is 29.8 Å². The maximum Gasteiger partial charge on any atom is 0.377 e. The van der Waals surface area contributed by atoms with Crippen LogP contribution in [-0.2, 0) is 0 Å². The quantitative estimate of drug-likeness (QED) is 0.345. The van der Waals surface area contributed by atoms with E-state index in [0.717, 1.165) is 6.07 Å². The van der Waals surface area contributed by atoms with Crippen molar-refractivity contribution in [1.29, 1.82) is 0 Å². The SMILES string of the molecule is O=C(Oc1c(Cl)cc([N+](=O)[O-])cc1[N+](=O)[O-])Sc1ccccc1. The Morgan fingerprint density at radius 2 is 1.74 bits per heavy atom. The fourth-order valence-corrected chi connectivity index (χ4v) is 2.45. The van der Waals surface area contributed by atoms with Crippen LogP contribution in [0.1, 0.15) is 0 Å². The van der Waals surface area contributed by atoms with E-state index in [4.69, 9.17) is 16.3 Å². The molecule has 0 atom stereocenters. The fourth-order valence-electron chi connectivity index (χ4n) is 1.60. The van der Waals surface area contributed by atoms with Gasteiger partial charge in [-0.2, -0.15) is 0 Å². The summed E-state index contributed by atoms with van der Waals surface area (Å²) >= 11 is 6.48. The van der Waals surface area contributed by atoms with E-state index in [-0.39, 0.29) is 0 Å². The van der Waals surface area contributed by atoms with Gasteiger partial charge in [0.25, 0.3) is 5.69 Å². The van der Waals surface area contributed by atoms with E-state index >= 15 is 0 Å². The van der Waals surface area contributed by atoms with Crippen LogP contribution in [-0.4, -0.2) is 15.1 Å². The van der Waals surface area contributed by atoms with E-state index in [0.29, 0.717) is 22.7 Å². The predicted molar refractivity (Wildman–Crippen MR) is 83.1 cm³/mol. The molecular weight excluding hydrogens is 348 g/mol. The lowest BCUT2D eigenvalue weighted by Gasteiger charge is -2.06. The summed E-state index contributed by atoms with van der Waals surface area (Å²) in [5.41, 5.74) is -1.33. The molecule has 0 unspecified atom stereocenters. The van der Waals surface area contributed by atoms with Crippen molar-refractivity contribution in [3.05, 3.63) is 67.7 Å². The number of halogens is 1. The Kier molecular flexibility index (Phi) is 5.14. The van der Waals surface area contributed by atoms with Gasteiger partial charge in [-0.25, -0.2) is 4.79 Å². The molecule has 0 heterocycles. The molecule has 118 valence electrons. The van der Waals surface area contributed by atoms with Crippen LogP contribution in [0, 0.1) is 20.2 Å². The molecule has 0 saturated carbocycles. The summed E-state index contributed by atoms with van der Waals surface area (Å²) < 4.78 is 4.90. The number of nitrogens with zero attached hydrogens (tertiary/aromatic N) is 2. The van der Waals surface area contributed by atoms with Crippen molar-refractivity contribution in [2.45, 2.75) is 4.90 Å². The number of benzene rings is 2. The Bertz CT molecular complexity index is 784. The van der Waals surface area contributed by atoms with Crippen LogP contribution in [0.3, 0.4) is 0 Å². The van der Waals surface area contributed by atoms with Crippen molar-refractivity contribution in [2.24, 2.45) is 0 Å². The number of nitro groups is 2. The Balaban J connectivity index is 2.30. The summed E-state index contributed by atoms with van der Waals surface area (Å²) in [5, 5.41) is 20.5. The molecule has 10 heteroatoms. The number of non-ortho nitro benzene ring substituents is 1. The molecule has 23 heavy (non-hydrogen) atoms. The smallest absolute Gasteiger partial charge is 0.377 e. The Morgan fingerprint density at radius 1 is 1.09 bits per heavy atom. The molecule has 0 aliphatic rings. The van der Waals surface area contributed by atoms with E-state index in [1.807, 2.05) is 0 Å². The van der Waals surface area contributed by atoms with Gasteiger partial charge in [-0.15, -0.1) is 0 Å². The van der Waals surface area contributed by atoms with Crippen LogP contribution in [0.25, 0.3) is 0 Å². The summed E-state index contributed by atoms with van der Waals surface area (Å²) in [6.45, 7) is 0. The van der Waals surface area contributed by atoms with Crippen LogP contribution in [0.15, 0.2) is 47.4 Å². The zero-order chi connectivity index (χ0) is 17.0. The maximum absolute atomic E-state index is 11.9. The van der Waals surface area contributed by atoms with Crippen LogP contribution >= 0.6 is 23.4 Å². The molecular formula is C13H7ClN2O6S. The molecule has 0 radical (unpaired) electrons. The molecule has 2 rings (SSSR count). The second-order valence-corrected chi connectivity index (χ2v) is 5.47. The first-order valence-electron chi connectivity index (χ1n) is 5.95. The number of rotatable bonds is 4. The normalized spacial score (nSPS) is 10.1. The molecule has 2 aromatic carbocycles. The Morgan fingerprint density at radius 3 is 2.30 bits per heavy atom. The van der Waals surface area contributed by atoms with Gasteiger partial charge >= 0.3 is 11.0 Å². The third-order valence-corrected chi connectivity index (χ3v) is 3.58. The van der Waals surface area contributed by atoms with Gasteiger partial charge in [-0.05, 0) is 23.9 Å². The average molecular weight is 355 g/mol. The second kappa shape index (κ2) is 7.07. The molecule has 0 amide bonds. The molecule has 0 aliphatic heterocycles. The number of carbonyl (C=O) groups excluding carboxylic acids is 1. The Hall–Kier alpha value is -2.65. The first-order chi connectivity index (χ1) is 10.9. The van der Waals surface area contributed by atoms with Crippen LogP contribution in [0.4, 0.5) is 16.2 Å². The lowest BCUT2D eigenvalue weighted by atomic mass is 10.2. The highest BCUT2D eigenvalue weighted by molar-refractivity contribution is 8.13. The number of ether oxygens (including phenoxy) is 1. The second-order valence-electron chi connectivity index (χ2n) is 4.06. The van der Waals surface area contributed by atoms with E-state index in [1.165, 1.54) is 0 Å². The molecule has 0 saturated heterocycles. The lowest BCUT2D eigenvalue weighted by molar-refractivity contribution is -0.394. The summed E-state index contributed by atoms with van der Waals surface area (Å²) in [4.78, 5) is 32.4. The van der Waals surface area contributed by atoms with Crippen molar-refractivity contribution in [2.75, 3.05) is 0 Å². The summed E-state index contributed by atoms with van der Waals surface area (Å²) in [7, 11) is 0. The largest absolute Gasteiger partial charge is 0.409 e. The molecule has 0 aromatic heterocycles. The van der Waals surface area contributed by atoms with Gasteiger partial charge < -0.3 is 4.74 Å². The van der Waals surface area contributed by atoms with Gasteiger partial charge in [0, 0.05) is 11.0 Å². The summed E-state index contributed by atoms with van der Waals surface area (Å²) in [6, 6.07) is 10.0. The van der Waals surface area contributed by atoms with E-state index in [1.54, 1.807) is 30.3 Å². The molecule has 0 aliphatic carbocycles. The molecule has 8 nitrogen and oxygen atoms in total. The zero-order valence-electron chi connectivity index (χ0n) is 11.2. The minimum absolute atomic E-state index is 0.395. The first kappa shape index (κ1) is 16.7. The predicted octanol–water partition coefficient (Wildman–Crippen LogP) is 4.45. The first-order valence-corrected chi connectivity index (χ1v) is 7.15. The van der Waals surface area contributed by atoms with Gasteiger partial charge in [0.15, 0.2) is 0 Å². The highest BCUT2D eigenvalue weighted by atomic mass is 35.5. The molecule has 2 aromatic rings. The lowest BCUT2D eigenvalue weighted by Crippen LogP contribution is -2.04. The molecule has 0 fully saturated rings. The third kappa shape index (κ3) is 4.18. The number of carbonyl (C=O) groups is 1. The van der Waals surface area contributed by atoms with Gasteiger partial charge in [0.05, 0.1) is 20.9 Å². The number of hydrogen-bond donors (Lipinski definition) is 0. The van der Waals surface area contributed by atoms with Crippen molar-refractivity contribution in [3.8, 4) is 5.75 Å². The van der Waals surface area contributed by atoms with Crippen molar-refractivity contribution >= 4 is 40.0 Å². The van der Waals surface area contributed by atoms with Crippen LogP contribution in [0.2, 0.25) is 5.02 Å². The minimum atomic E-state index is -0.908. The minimum Gasteiger partial charge on any atom is -0.409 e. The number of hydrogen-bond acceptors (Lipinski definition) is 7. The summed E-state index contributed by atoms with van der Waals surface area (Å²) in [5.74, 6) is -0.532. The van der Waals surface area contributed by atoms with Gasteiger partial charge in [-0.3, -0.25) is 20.2 Å². The monoisotopic (exact) mass is 354 g/mol. The highest BCUT2D eigenvalue weighted by Crippen LogP contribution is 2.39. The molecule has 0 spiro atoms. The average Bonchev–Trinajstić information content (AvgIpc) is 2.49. The van der Waals surface area contributed by atoms with Gasteiger partial charge in [0.2, 0.25) is 5.75 Å². The fraction of sp³-hybridized carbons (Fsp3) is 0. The van der Waals surface area contributed by atoms with Crippen molar-refractivity contribution in [3.63, 3.8) is 0 Å². The van der Waals surface area contributed by atoms with E-state index < -0.39 is 37.3 Å². The molecule has 0 bridgehead atoms.